The van der Waals surface area contributed by atoms with Crippen molar-refractivity contribution >= 4 is 27.8 Å². The van der Waals surface area contributed by atoms with E-state index in [1.54, 1.807) is 0 Å². The molecule has 0 atom stereocenters. The molecule has 0 aliphatic heterocycles. The Hall–Kier alpha value is 0.930. The second-order valence-electron chi connectivity index (χ2n) is 3.33. The van der Waals surface area contributed by atoms with Gasteiger partial charge in [-0.1, -0.05) is 19.6 Å². The second-order valence-corrected chi connectivity index (χ2v) is 8.44. The average Bonchev–Trinajstić information content (AvgIpc) is 2.08. The van der Waals surface area contributed by atoms with Crippen LogP contribution in [0.25, 0.3) is 0 Å². The Bertz CT molecular complexity index is 187. The van der Waals surface area contributed by atoms with Gasteiger partial charge in [0.15, 0.2) is 0 Å². The van der Waals surface area contributed by atoms with Gasteiger partial charge in [0.1, 0.15) is 0 Å². The molecule has 5 heteroatoms. The van der Waals surface area contributed by atoms with Crippen LogP contribution in [-0.4, -0.2) is 8.07 Å². The molecule has 0 aromatic rings. The number of allylic oxidation sites excluding steroid dienone is 2. The van der Waals surface area contributed by atoms with E-state index < -0.39 is 8.07 Å². The van der Waals surface area contributed by atoms with Crippen molar-refractivity contribution in [3.8, 4) is 0 Å². The van der Waals surface area contributed by atoms with Crippen LogP contribution in [0.3, 0.4) is 0 Å². The number of nitrogens with zero attached hydrogens (tertiary/aromatic N) is 1. The van der Waals surface area contributed by atoms with Crippen LogP contribution in [0, 0.1) is 18.8 Å². The van der Waals surface area contributed by atoms with E-state index in [4.69, 9.17) is 11.8 Å². The SMILES string of the molecule is C=C([CH2-])C(=C)[Si](C)(C)C.[C-]#N.[Cu+].[Zn+][I]. The van der Waals surface area contributed by atoms with Crippen LogP contribution in [0.4, 0.5) is 0 Å². The third kappa shape index (κ3) is 15.4. The van der Waals surface area contributed by atoms with Crippen molar-refractivity contribution in [1.29, 1.82) is 5.26 Å². The van der Waals surface area contributed by atoms with Crippen LogP contribution in [0.5, 0.6) is 0 Å². The standard InChI is InChI=1S/C8H15Si.CN.Cu.HI.Zn/c1-7(2)8(3)9(4,5)6;1-2;;;/h1-3H2,4-6H3;;;1H;/q2*-1;+1;;+2/p-1. The molecule has 0 N–H and O–H groups in total. The Morgan fingerprint density at radius 3 is 1.50 bits per heavy atom. The van der Waals surface area contributed by atoms with Crippen molar-refractivity contribution < 1.29 is 31.9 Å². The molecule has 0 radical (unpaired) electrons. The Balaban J connectivity index is -0.0000000883. The number of rotatable bonds is 2. The molecule has 14 heavy (non-hydrogen) atoms. The summed E-state index contributed by atoms with van der Waals surface area (Å²) in [5, 5.41) is 7.42. The molecule has 0 bridgehead atoms. The van der Waals surface area contributed by atoms with Crippen molar-refractivity contribution in [2.24, 2.45) is 0 Å². The van der Waals surface area contributed by atoms with Crippen LogP contribution in [0.1, 0.15) is 0 Å². The molecule has 0 heterocycles. The van der Waals surface area contributed by atoms with Gasteiger partial charge in [-0.15, -0.1) is 0 Å². The summed E-state index contributed by atoms with van der Waals surface area (Å²) >= 11 is 3.62. The number of hydrogen-bond acceptors (Lipinski definition) is 1. The Morgan fingerprint density at radius 1 is 1.29 bits per heavy atom. The van der Waals surface area contributed by atoms with Gasteiger partial charge in [-0.05, 0) is 0 Å². The molecule has 0 saturated heterocycles. The van der Waals surface area contributed by atoms with E-state index >= 15 is 0 Å². The normalized spacial score (nSPS) is 7.71. The fraction of sp³-hybridized carbons (Fsp3) is 0.333. The Morgan fingerprint density at radius 2 is 1.50 bits per heavy atom. The molecule has 0 unspecified atom stereocenters. The quantitative estimate of drug-likeness (QED) is 0.288. The Labute approximate surface area is 121 Å². The van der Waals surface area contributed by atoms with Gasteiger partial charge in [0.05, 0.1) is 0 Å². The monoisotopic (exact) mass is 419 g/mol. The molecular formula is C9H15CuINSiZn. The van der Waals surface area contributed by atoms with Crippen LogP contribution < -0.4 is 0 Å². The summed E-state index contributed by atoms with van der Waals surface area (Å²) in [4.78, 5) is 0. The Kier molecular flexibility index (Phi) is 24.1. The van der Waals surface area contributed by atoms with Crippen molar-refractivity contribution in [2.45, 2.75) is 19.6 Å². The zero-order valence-corrected chi connectivity index (χ0v) is 16.0. The number of halogens is 1. The third-order valence-electron chi connectivity index (χ3n) is 1.33. The average molecular weight is 421 g/mol. The molecule has 1 nitrogen and oxygen atoms in total. The molecule has 0 amide bonds. The van der Waals surface area contributed by atoms with Gasteiger partial charge in [-0.25, -0.2) is 5.57 Å². The van der Waals surface area contributed by atoms with Gasteiger partial charge in [-0.3, -0.25) is 0 Å². The summed E-state index contributed by atoms with van der Waals surface area (Å²) in [6.07, 6.45) is 0. The van der Waals surface area contributed by atoms with Gasteiger partial charge < -0.3 is 11.8 Å². The zero-order chi connectivity index (χ0) is 11.7. The summed E-state index contributed by atoms with van der Waals surface area (Å²) < 4.78 is 0. The molecule has 0 aliphatic rings. The summed E-state index contributed by atoms with van der Waals surface area (Å²) in [6.45, 7) is 22.9. The molecule has 0 saturated carbocycles. The number of hydrogen-bond donors (Lipinski definition) is 0. The maximum atomic E-state index is 6.25. The summed E-state index contributed by atoms with van der Waals surface area (Å²) in [5.41, 5.74) is 0.897. The molecule has 0 aromatic heterocycles. The van der Waals surface area contributed by atoms with E-state index in [-0.39, 0.29) is 17.1 Å². The van der Waals surface area contributed by atoms with E-state index in [0.29, 0.717) is 0 Å². The molecule has 0 aliphatic carbocycles. The fourth-order valence-electron chi connectivity index (χ4n) is 0.530. The molecular weight excluding hydrogens is 406 g/mol. The van der Waals surface area contributed by atoms with Crippen LogP contribution in [0.15, 0.2) is 23.9 Å². The molecule has 0 fully saturated rings. The predicted octanol–water partition coefficient (Wildman–Crippen LogP) is 3.79. The minimum atomic E-state index is -1.18. The molecule has 0 rings (SSSR count). The van der Waals surface area contributed by atoms with Crippen molar-refractivity contribution in [2.75, 3.05) is 0 Å². The first kappa shape index (κ1) is 24.3. The summed E-state index contributed by atoms with van der Waals surface area (Å²) in [5.74, 6) is 0. The fourth-order valence-corrected chi connectivity index (χ4v) is 1.59. The first-order chi connectivity index (χ1) is 5.85. The summed E-state index contributed by atoms with van der Waals surface area (Å²) in [7, 11) is -1.18. The molecule has 0 aromatic carbocycles. The second kappa shape index (κ2) is 13.9. The predicted molar refractivity (Wildman–Crippen MR) is 66.0 cm³/mol. The van der Waals surface area contributed by atoms with Gasteiger partial charge >= 0.3 is 51.6 Å². The summed E-state index contributed by atoms with van der Waals surface area (Å²) in [6, 6.07) is 0. The van der Waals surface area contributed by atoms with Gasteiger partial charge in [0.2, 0.25) is 0 Å². The van der Waals surface area contributed by atoms with Crippen LogP contribution in [-0.2, 0) is 31.9 Å². The first-order valence-corrected chi connectivity index (χ1v) is 16.1. The van der Waals surface area contributed by atoms with Crippen molar-refractivity contribution in [3.63, 3.8) is 0 Å². The topological polar surface area (TPSA) is 23.8 Å². The molecule has 0 spiro atoms. The third-order valence-corrected chi connectivity index (χ3v) is 3.50. The van der Waals surface area contributed by atoms with E-state index in [2.05, 4.69) is 59.5 Å². The van der Waals surface area contributed by atoms with Crippen molar-refractivity contribution in [1.82, 2.24) is 0 Å². The minimum absolute atomic E-state index is 0. The van der Waals surface area contributed by atoms with Crippen LogP contribution >= 0.6 is 19.8 Å². The van der Waals surface area contributed by atoms with Gasteiger partial charge in [0, 0.05) is 8.07 Å². The van der Waals surface area contributed by atoms with E-state index in [0.717, 1.165) is 5.57 Å². The van der Waals surface area contributed by atoms with E-state index in [9.17, 15) is 0 Å². The van der Waals surface area contributed by atoms with Gasteiger partial charge in [-0.2, -0.15) is 25.3 Å². The van der Waals surface area contributed by atoms with Crippen molar-refractivity contribution in [3.05, 3.63) is 37.4 Å². The van der Waals surface area contributed by atoms with E-state index in [1.165, 1.54) is 20.0 Å². The van der Waals surface area contributed by atoms with E-state index in [1.807, 2.05) is 0 Å². The first-order valence-electron chi connectivity index (χ1n) is 3.55. The van der Waals surface area contributed by atoms with Crippen LogP contribution in [0.2, 0.25) is 19.6 Å². The zero-order valence-electron chi connectivity index (χ0n) is 8.96. The van der Waals surface area contributed by atoms with Gasteiger partial charge in [0.25, 0.3) is 0 Å². The molecule has 80 valence electrons. The maximum absolute atomic E-state index is 6.25.